The molecule has 2 rings (SSSR count). The lowest BCUT2D eigenvalue weighted by Gasteiger charge is -1.96. The number of carbonyl (C=O) groups excluding carboxylic acids is 1. The van der Waals surface area contributed by atoms with Crippen molar-refractivity contribution < 1.29 is 10.0 Å². The van der Waals surface area contributed by atoms with Gasteiger partial charge < -0.3 is 0 Å². The van der Waals surface area contributed by atoms with Crippen molar-refractivity contribution in [3.05, 3.63) is 42.2 Å². The fourth-order valence-corrected chi connectivity index (χ4v) is 1.11. The third-order valence-electron chi connectivity index (χ3n) is 1.81. The molecule has 2 aromatic rings. The number of para-hydroxylation sites is 1. The zero-order chi connectivity index (χ0) is 10.7. The molecule has 0 atom stereocenters. The number of nitrogens with zero attached hydrogens (tertiary/aromatic N) is 3. The molecule has 1 aromatic heterocycles. The number of amides is 1. The van der Waals surface area contributed by atoms with E-state index in [1.807, 2.05) is 18.2 Å². The molecule has 1 heterocycles. The number of nitrogens with one attached hydrogen (secondary N) is 1. The van der Waals surface area contributed by atoms with Gasteiger partial charge in [0.05, 0.1) is 11.9 Å². The molecule has 0 saturated heterocycles. The highest BCUT2D eigenvalue weighted by Gasteiger charge is 2.09. The van der Waals surface area contributed by atoms with Crippen molar-refractivity contribution in [1.29, 1.82) is 0 Å². The van der Waals surface area contributed by atoms with Crippen LogP contribution in [0.25, 0.3) is 5.69 Å². The first-order valence-corrected chi connectivity index (χ1v) is 4.23. The van der Waals surface area contributed by atoms with E-state index in [2.05, 4.69) is 10.2 Å². The standard InChI is InChI=1S/C9H8N4O2/c14-9(12-15)8-6-10-13(11-8)7-4-2-1-3-5-7/h1-6,15H,(H,12,14). The number of hydrogen-bond donors (Lipinski definition) is 2. The Hall–Kier alpha value is -2.21. The van der Waals surface area contributed by atoms with Crippen LogP contribution >= 0.6 is 0 Å². The SMILES string of the molecule is O=C(NO)c1cnn(-c2ccccc2)n1. The van der Waals surface area contributed by atoms with Crippen LogP contribution in [0.1, 0.15) is 10.5 Å². The first kappa shape index (κ1) is 9.35. The normalized spacial score (nSPS) is 9.93. The molecule has 1 aromatic carbocycles. The first-order valence-electron chi connectivity index (χ1n) is 4.23. The summed E-state index contributed by atoms with van der Waals surface area (Å²) in [5, 5.41) is 16.2. The molecule has 6 nitrogen and oxygen atoms in total. The van der Waals surface area contributed by atoms with E-state index >= 15 is 0 Å². The van der Waals surface area contributed by atoms with Crippen molar-refractivity contribution in [1.82, 2.24) is 20.5 Å². The number of carbonyl (C=O) groups is 1. The van der Waals surface area contributed by atoms with Crippen LogP contribution in [0.4, 0.5) is 0 Å². The van der Waals surface area contributed by atoms with Crippen LogP contribution in [0.15, 0.2) is 36.5 Å². The summed E-state index contributed by atoms with van der Waals surface area (Å²) >= 11 is 0. The second-order valence-corrected chi connectivity index (χ2v) is 2.80. The molecular weight excluding hydrogens is 196 g/mol. The van der Waals surface area contributed by atoms with Gasteiger partial charge in [-0.1, -0.05) is 18.2 Å². The van der Waals surface area contributed by atoms with Crippen LogP contribution in [0.2, 0.25) is 0 Å². The highest BCUT2D eigenvalue weighted by Crippen LogP contribution is 2.03. The van der Waals surface area contributed by atoms with Crippen molar-refractivity contribution in [2.24, 2.45) is 0 Å². The summed E-state index contributed by atoms with van der Waals surface area (Å²) in [5.74, 6) is -0.683. The number of benzene rings is 1. The molecule has 0 radical (unpaired) electrons. The molecule has 0 saturated carbocycles. The Balaban J connectivity index is 2.32. The van der Waals surface area contributed by atoms with Crippen LogP contribution < -0.4 is 5.48 Å². The van der Waals surface area contributed by atoms with Gasteiger partial charge in [-0.15, -0.1) is 5.10 Å². The molecule has 15 heavy (non-hydrogen) atoms. The van der Waals surface area contributed by atoms with Crippen molar-refractivity contribution >= 4 is 5.91 Å². The lowest BCUT2D eigenvalue weighted by Crippen LogP contribution is -2.19. The van der Waals surface area contributed by atoms with E-state index in [1.54, 1.807) is 12.1 Å². The van der Waals surface area contributed by atoms with Crippen LogP contribution in [-0.2, 0) is 0 Å². The molecule has 2 N–H and O–H groups in total. The van der Waals surface area contributed by atoms with E-state index in [-0.39, 0.29) is 5.69 Å². The van der Waals surface area contributed by atoms with Crippen molar-refractivity contribution in [3.8, 4) is 5.69 Å². The van der Waals surface area contributed by atoms with E-state index < -0.39 is 5.91 Å². The second-order valence-electron chi connectivity index (χ2n) is 2.80. The minimum absolute atomic E-state index is 0.0568. The molecule has 76 valence electrons. The van der Waals surface area contributed by atoms with Crippen LogP contribution in [0.3, 0.4) is 0 Å². The zero-order valence-electron chi connectivity index (χ0n) is 7.66. The summed E-state index contributed by atoms with van der Waals surface area (Å²) < 4.78 is 0. The third-order valence-corrected chi connectivity index (χ3v) is 1.81. The Morgan fingerprint density at radius 1 is 1.33 bits per heavy atom. The van der Waals surface area contributed by atoms with Crippen molar-refractivity contribution in [2.75, 3.05) is 0 Å². The third kappa shape index (κ3) is 1.84. The fourth-order valence-electron chi connectivity index (χ4n) is 1.11. The van der Waals surface area contributed by atoms with Crippen LogP contribution in [0.5, 0.6) is 0 Å². The van der Waals surface area contributed by atoms with Gasteiger partial charge >= 0.3 is 0 Å². The summed E-state index contributed by atoms with van der Waals surface area (Å²) in [5.41, 5.74) is 2.29. The number of rotatable bonds is 2. The number of hydroxylamine groups is 1. The molecule has 6 heteroatoms. The van der Waals surface area contributed by atoms with E-state index in [4.69, 9.17) is 5.21 Å². The van der Waals surface area contributed by atoms with E-state index in [0.29, 0.717) is 0 Å². The average Bonchev–Trinajstić information content (AvgIpc) is 2.78. The van der Waals surface area contributed by atoms with Gasteiger partial charge in [-0.3, -0.25) is 10.0 Å². The van der Waals surface area contributed by atoms with Gasteiger partial charge in [-0.2, -0.15) is 9.90 Å². The van der Waals surface area contributed by atoms with E-state index in [0.717, 1.165) is 5.69 Å². The Kier molecular flexibility index (Phi) is 2.42. The van der Waals surface area contributed by atoms with Crippen molar-refractivity contribution in [2.45, 2.75) is 0 Å². The Morgan fingerprint density at radius 3 is 2.73 bits per heavy atom. The molecular formula is C9H8N4O2. The second kappa shape index (κ2) is 3.89. The maximum absolute atomic E-state index is 11.0. The molecule has 0 bridgehead atoms. The molecule has 0 aliphatic rings. The van der Waals surface area contributed by atoms with Gasteiger partial charge in [0.25, 0.3) is 5.91 Å². The Bertz CT molecular complexity index is 466. The monoisotopic (exact) mass is 204 g/mol. The predicted molar refractivity (Wildman–Crippen MR) is 50.6 cm³/mol. The lowest BCUT2D eigenvalue weighted by molar-refractivity contribution is 0.0700. The highest BCUT2D eigenvalue weighted by atomic mass is 16.5. The minimum atomic E-state index is -0.683. The molecule has 1 amide bonds. The summed E-state index contributed by atoms with van der Waals surface area (Å²) in [7, 11) is 0. The Labute approximate surface area is 85.1 Å². The molecule has 0 spiro atoms. The maximum atomic E-state index is 11.0. The first-order chi connectivity index (χ1) is 7.31. The molecule has 0 aliphatic carbocycles. The fraction of sp³-hybridized carbons (Fsp3) is 0. The highest BCUT2D eigenvalue weighted by molar-refractivity contribution is 5.90. The van der Waals surface area contributed by atoms with Gasteiger partial charge in [0.15, 0.2) is 5.69 Å². The minimum Gasteiger partial charge on any atom is -0.288 e. The van der Waals surface area contributed by atoms with Gasteiger partial charge in [-0.05, 0) is 12.1 Å². The van der Waals surface area contributed by atoms with Gasteiger partial charge in [-0.25, -0.2) is 5.48 Å². The topological polar surface area (TPSA) is 80.0 Å². The van der Waals surface area contributed by atoms with Crippen molar-refractivity contribution in [3.63, 3.8) is 0 Å². The van der Waals surface area contributed by atoms with E-state index in [1.165, 1.54) is 16.5 Å². The number of aromatic nitrogens is 3. The summed E-state index contributed by atoms with van der Waals surface area (Å²) in [6.07, 6.45) is 1.28. The lowest BCUT2D eigenvalue weighted by atomic mass is 10.3. The smallest absolute Gasteiger partial charge is 0.288 e. The van der Waals surface area contributed by atoms with Gasteiger partial charge in [0, 0.05) is 0 Å². The maximum Gasteiger partial charge on any atom is 0.296 e. The van der Waals surface area contributed by atoms with Crippen LogP contribution in [0, 0.1) is 0 Å². The van der Waals surface area contributed by atoms with Gasteiger partial charge in [0.2, 0.25) is 0 Å². The predicted octanol–water partition coefficient (Wildman–Crippen LogP) is 0.386. The summed E-state index contributed by atoms with van der Waals surface area (Å²) in [6, 6.07) is 9.16. The van der Waals surface area contributed by atoms with E-state index in [9.17, 15) is 4.79 Å². The largest absolute Gasteiger partial charge is 0.296 e. The molecule has 0 unspecified atom stereocenters. The summed E-state index contributed by atoms with van der Waals surface area (Å²) in [6.45, 7) is 0. The van der Waals surface area contributed by atoms with Gasteiger partial charge in [0.1, 0.15) is 0 Å². The zero-order valence-corrected chi connectivity index (χ0v) is 7.66. The van der Waals surface area contributed by atoms with Crippen LogP contribution in [-0.4, -0.2) is 26.1 Å². The molecule has 0 aliphatic heterocycles. The number of hydrogen-bond acceptors (Lipinski definition) is 4. The molecule has 0 fully saturated rings. The average molecular weight is 204 g/mol. The Morgan fingerprint density at radius 2 is 2.07 bits per heavy atom. The quantitative estimate of drug-likeness (QED) is 0.547. The summed E-state index contributed by atoms with van der Waals surface area (Å²) in [4.78, 5) is 12.3.